The molecule has 0 aliphatic rings. The second-order valence-corrected chi connectivity index (χ2v) is 4.58. The molecule has 0 spiro atoms. The van der Waals surface area contributed by atoms with Crippen molar-refractivity contribution in [3.63, 3.8) is 0 Å². The van der Waals surface area contributed by atoms with Gasteiger partial charge in [0.1, 0.15) is 0 Å². The number of nitrogens with zero attached hydrogens (tertiary/aromatic N) is 3. The average molecular weight is 260 g/mol. The largest absolute Gasteiger partial charge is 0.481 e. The lowest BCUT2D eigenvalue weighted by Crippen LogP contribution is -2.19. The number of ether oxygens (including phenoxy) is 1. The van der Waals surface area contributed by atoms with Crippen LogP contribution in [0.25, 0.3) is 0 Å². The molecule has 5 nitrogen and oxygen atoms in total. The van der Waals surface area contributed by atoms with E-state index in [0.29, 0.717) is 12.4 Å². The molecule has 102 valence electrons. The highest BCUT2D eigenvalue weighted by molar-refractivity contribution is 5.20. The van der Waals surface area contributed by atoms with Gasteiger partial charge in [-0.25, -0.2) is 4.98 Å². The molecule has 0 aromatic carbocycles. The Morgan fingerprint density at radius 1 is 1.42 bits per heavy atom. The summed E-state index contributed by atoms with van der Waals surface area (Å²) >= 11 is 0. The number of methoxy groups -OCH3 is 1. The first-order valence-corrected chi connectivity index (χ1v) is 6.33. The van der Waals surface area contributed by atoms with Crippen LogP contribution < -0.4 is 10.1 Å². The Morgan fingerprint density at radius 2 is 2.21 bits per heavy atom. The molecule has 0 aliphatic carbocycles. The van der Waals surface area contributed by atoms with Gasteiger partial charge in [0.05, 0.1) is 19.0 Å². The molecule has 1 N–H and O–H groups in total. The van der Waals surface area contributed by atoms with E-state index in [0.717, 1.165) is 5.69 Å². The molecule has 2 aromatic rings. The lowest BCUT2D eigenvalue weighted by Gasteiger charge is -2.13. The Morgan fingerprint density at radius 3 is 2.84 bits per heavy atom. The minimum Gasteiger partial charge on any atom is -0.481 e. The van der Waals surface area contributed by atoms with Crippen LogP contribution in [0, 0.1) is 6.92 Å². The van der Waals surface area contributed by atoms with Crippen molar-refractivity contribution in [2.24, 2.45) is 7.05 Å². The third-order valence-corrected chi connectivity index (χ3v) is 3.32. The molecular formula is C14H20N4O. The quantitative estimate of drug-likeness (QED) is 0.893. The summed E-state index contributed by atoms with van der Waals surface area (Å²) in [7, 11) is 3.58. The summed E-state index contributed by atoms with van der Waals surface area (Å²) in [6.07, 6.45) is 1.91. The van der Waals surface area contributed by atoms with Crippen molar-refractivity contribution in [2.45, 2.75) is 26.4 Å². The molecule has 5 heteroatoms. The van der Waals surface area contributed by atoms with E-state index >= 15 is 0 Å². The Kier molecular flexibility index (Phi) is 4.16. The second kappa shape index (κ2) is 5.84. The maximum atomic E-state index is 5.12. The SMILES string of the molecule is COc1cccc(CNC(C)c2cnn(C)c2C)n1. The molecule has 19 heavy (non-hydrogen) atoms. The predicted octanol–water partition coefficient (Wildman–Crippen LogP) is 1.98. The van der Waals surface area contributed by atoms with Crippen LogP contribution in [0.15, 0.2) is 24.4 Å². The van der Waals surface area contributed by atoms with Crippen molar-refractivity contribution in [1.82, 2.24) is 20.1 Å². The van der Waals surface area contributed by atoms with Crippen LogP contribution in [-0.4, -0.2) is 21.9 Å². The summed E-state index contributed by atoms with van der Waals surface area (Å²) in [4.78, 5) is 4.38. The summed E-state index contributed by atoms with van der Waals surface area (Å²) in [5.41, 5.74) is 3.36. The highest BCUT2D eigenvalue weighted by Crippen LogP contribution is 2.16. The molecule has 0 bridgehead atoms. The third kappa shape index (κ3) is 3.12. The van der Waals surface area contributed by atoms with Gasteiger partial charge in [0.15, 0.2) is 0 Å². The molecule has 2 heterocycles. The van der Waals surface area contributed by atoms with Crippen molar-refractivity contribution in [3.05, 3.63) is 41.3 Å². The van der Waals surface area contributed by atoms with Crippen LogP contribution in [0.2, 0.25) is 0 Å². The minimum absolute atomic E-state index is 0.238. The van der Waals surface area contributed by atoms with Crippen LogP contribution in [-0.2, 0) is 13.6 Å². The second-order valence-electron chi connectivity index (χ2n) is 4.58. The lowest BCUT2D eigenvalue weighted by atomic mass is 10.1. The molecule has 1 atom stereocenters. The monoisotopic (exact) mass is 260 g/mol. The van der Waals surface area contributed by atoms with Crippen molar-refractivity contribution < 1.29 is 4.74 Å². The Labute approximate surface area is 113 Å². The zero-order valence-corrected chi connectivity index (χ0v) is 11.8. The standard InChI is InChI=1S/C14H20N4O/c1-10(13-9-16-18(3)11(13)2)15-8-12-6-5-7-14(17-12)19-4/h5-7,9-10,15H,8H2,1-4H3. The molecule has 0 fully saturated rings. The highest BCUT2D eigenvalue weighted by Gasteiger charge is 2.11. The zero-order chi connectivity index (χ0) is 13.8. The summed E-state index contributed by atoms with van der Waals surface area (Å²) in [6, 6.07) is 6.01. The smallest absolute Gasteiger partial charge is 0.213 e. The molecule has 0 aliphatic heterocycles. The van der Waals surface area contributed by atoms with Gasteiger partial charge in [-0.1, -0.05) is 6.07 Å². The van der Waals surface area contributed by atoms with Gasteiger partial charge in [-0.2, -0.15) is 5.10 Å². The van der Waals surface area contributed by atoms with E-state index in [-0.39, 0.29) is 6.04 Å². The van der Waals surface area contributed by atoms with Crippen LogP contribution in [0.4, 0.5) is 0 Å². The van der Waals surface area contributed by atoms with Crippen LogP contribution in [0.5, 0.6) is 5.88 Å². The molecular weight excluding hydrogens is 240 g/mol. The number of rotatable bonds is 5. The summed E-state index contributed by atoms with van der Waals surface area (Å²) < 4.78 is 7.00. The topological polar surface area (TPSA) is 52.0 Å². The van der Waals surface area contributed by atoms with Gasteiger partial charge in [0, 0.05) is 37.0 Å². The van der Waals surface area contributed by atoms with Gasteiger partial charge in [-0.15, -0.1) is 0 Å². The summed E-state index contributed by atoms with van der Waals surface area (Å²) in [5, 5.41) is 7.71. The fourth-order valence-corrected chi connectivity index (χ4v) is 1.98. The van der Waals surface area contributed by atoms with Crippen molar-refractivity contribution in [3.8, 4) is 5.88 Å². The van der Waals surface area contributed by atoms with Gasteiger partial charge in [0.2, 0.25) is 5.88 Å². The molecule has 2 rings (SSSR count). The maximum absolute atomic E-state index is 5.12. The maximum Gasteiger partial charge on any atom is 0.213 e. The predicted molar refractivity (Wildman–Crippen MR) is 74.0 cm³/mol. The first-order valence-electron chi connectivity index (χ1n) is 6.33. The Bertz CT molecular complexity index is 550. The van der Waals surface area contributed by atoms with Gasteiger partial charge in [0.25, 0.3) is 0 Å². The number of pyridine rings is 1. The fraction of sp³-hybridized carbons (Fsp3) is 0.429. The van der Waals surface area contributed by atoms with Crippen LogP contribution >= 0.6 is 0 Å². The van der Waals surface area contributed by atoms with Gasteiger partial charge >= 0.3 is 0 Å². The fourth-order valence-electron chi connectivity index (χ4n) is 1.98. The molecule has 0 amide bonds. The van der Waals surface area contributed by atoms with Crippen molar-refractivity contribution >= 4 is 0 Å². The number of hydrogen-bond donors (Lipinski definition) is 1. The summed E-state index contributed by atoms with van der Waals surface area (Å²) in [5.74, 6) is 0.643. The molecule has 2 aromatic heterocycles. The van der Waals surface area contributed by atoms with E-state index in [1.54, 1.807) is 7.11 Å². The van der Waals surface area contributed by atoms with E-state index in [1.807, 2.05) is 36.1 Å². The van der Waals surface area contributed by atoms with Gasteiger partial charge < -0.3 is 10.1 Å². The highest BCUT2D eigenvalue weighted by atomic mass is 16.5. The number of aryl methyl sites for hydroxylation is 1. The number of aromatic nitrogens is 3. The Hall–Kier alpha value is -1.88. The zero-order valence-electron chi connectivity index (χ0n) is 11.8. The molecule has 0 saturated carbocycles. The van der Waals surface area contributed by atoms with Gasteiger partial charge in [-0.05, 0) is 19.9 Å². The minimum atomic E-state index is 0.238. The number of hydrogen-bond acceptors (Lipinski definition) is 4. The molecule has 0 saturated heterocycles. The first-order chi connectivity index (χ1) is 9.11. The van der Waals surface area contributed by atoms with E-state index < -0.39 is 0 Å². The van der Waals surface area contributed by atoms with Crippen molar-refractivity contribution in [1.29, 1.82) is 0 Å². The van der Waals surface area contributed by atoms with Crippen molar-refractivity contribution in [2.75, 3.05) is 7.11 Å². The van der Waals surface area contributed by atoms with Crippen LogP contribution in [0.1, 0.15) is 29.9 Å². The normalized spacial score (nSPS) is 12.4. The van der Waals surface area contributed by atoms with E-state index in [4.69, 9.17) is 4.74 Å². The lowest BCUT2D eigenvalue weighted by molar-refractivity contribution is 0.395. The first kappa shape index (κ1) is 13.5. The van der Waals surface area contributed by atoms with Crippen LogP contribution in [0.3, 0.4) is 0 Å². The van der Waals surface area contributed by atoms with Gasteiger partial charge in [-0.3, -0.25) is 4.68 Å². The van der Waals surface area contributed by atoms with E-state index in [1.165, 1.54) is 11.3 Å². The average Bonchev–Trinajstić information content (AvgIpc) is 2.77. The molecule has 1 unspecified atom stereocenters. The molecule has 0 radical (unpaired) electrons. The van der Waals surface area contributed by atoms with E-state index in [9.17, 15) is 0 Å². The number of nitrogens with one attached hydrogen (secondary N) is 1. The Balaban J connectivity index is 2.00. The third-order valence-electron chi connectivity index (χ3n) is 3.32. The van der Waals surface area contributed by atoms with E-state index in [2.05, 4.69) is 29.2 Å². The summed E-state index contributed by atoms with van der Waals surface area (Å²) in [6.45, 7) is 4.90.